The molecule has 188 valence electrons. The molecule has 3 rings (SSSR count). The molecule has 3 aromatic rings. The molecule has 0 unspecified atom stereocenters. The van der Waals surface area contributed by atoms with Gasteiger partial charge in [0.15, 0.2) is 0 Å². The molecule has 0 radical (unpaired) electrons. The van der Waals surface area contributed by atoms with Crippen molar-refractivity contribution in [2.45, 2.75) is 32.8 Å². The second-order valence-corrected chi connectivity index (χ2v) is 18.5. The molecule has 0 N–H and O–H groups in total. The van der Waals surface area contributed by atoms with Crippen molar-refractivity contribution in [2.75, 3.05) is 32.6 Å². The Morgan fingerprint density at radius 3 is 1.49 bits per heavy atom. The average Bonchev–Trinajstić information content (AvgIpc) is 2.86. The van der Waals surface area contributed by atoms with E-state index < -0.39 is 10.9 Å². The molecule has 0 aliphatic carbocycles. The minimum atomic E-state index is -2.97. The van der Waals surface area contributed by atoms with Gasteiger partial charge in [-0.2, -0.15) is 0 Å². The van der Waals surface area contributed by atoms with Gasteiger partial charge in [-0.05, 0) is 0 Å². The first-order valence-electron chi connectivity index (χ1n) is 12.0. The fourth-order valence-electron chi connectivity index (χ4n) is 4.16. The summed E-state index contributed by atoms with van der Waals surface area (Å²) in [4.78, 5) is 11.8. The number of halogens is 1. The molecule has 0 fully saturated rings. The molecule has 0 aromatic heterocycles. The summed E-state index contributed by atoms with van der Waals surface area (Å²) in [6.45, 7) is 7.37. The van der Waals surface area contributed by atoms with Crippen molar-refractivity contribution >= 4 is 42.7 Å². The first-order chi connectivity index (χ1) is 16.7. The third-order valence-corrected chi connectivity index (χ3v) is 15.7. The predicted octanol–water partition coefficient (Wildman–Crippen LogP) is 5.59. The molecule has 0 spiro atoms. The van der Waals surface area contributed by atoms with Crippen molar-refractivity contribution in [3.8, 4) is 0 Å². The maximum atomic E-state index is 11.8. The Kier molecular flexibility index (Phi) is 9.66. The van der Waals surface area contributed by atoms with Crippen LogP contribution in [0.25, 0.3) is 0 Å². The summed E-state index contributed by atoms with van der Waals surface area (Å²) in [6, 6.07) is 32.1. The quantitative estimate of drug-likeness (QED) is 0.165. The number of benzene rings is 3. The summed E-state index contributed by atoms with van der Waals surface area (Å²) >= 11 is 4.42. The minimum absolute atomic E-state index is 0.241. The molecule has 0 heterocycles. The van der Waals surface area contributed by atoms with Crippen LogP contribution in [0.1, 0.15) is 27.2 Å². The van der Waals surface area contributed by atoms with Crippen LogP contribution in [0.4, 0.5) is 0 Å². The molecule has 0 saturated carbocycles. The zero-order valence-electron chi connectivity index (χ0n) is 20.9. The monoisotopic (exact) mass is 558 g/mol. The molecular weight excluding hydrogens is 523 g/mol. The maximum absolute atomic E-state index is 11.8. The summed E-state index contributed by atoms with van der Waals surface area (Å²) in [7, 11) is 0. The summed E-state index contributed by atoms with van der Waals surface area (Å²) in [5, 5.41) is 0.849. The zero-order chi connectivity index (χ0) is 25.2. The Labute approximate surface area is 217 Å². The standard InChI is InChI=1S/C29H36BrO4P/c1-29(2,3)34-28(31)19-20-32-21-22-33-23-24-35(30,25-13-7-4-8-14-25,26-15-9-5-10-16-26)27-17-11-6-12-18-27/h4-18H,19-24H2,1-3H3. The van der Waals surface area contributed by atoms with E-state index in [1.807, 2.05) is 20.8 Å². The third-order valence-electron chi connectivity index (χ3n) is 5.78. The Balaban J connectivity index is 1.69. The van der Waals surface area contributed by atoms with Gasteiger partial charge in [-0.15, -0.1) is 0 Å². The molecule has 0 bridgehead atoms. The molecule has 35 heavy (non-hydrogen) atoms. The number of rotatable bonds is 12. The van der Waals surface area contributed by atoms with Crippen LogP contribution in [0.5, 0.6) is 0 Å². The molecule has 0 aliphatic heterocycles. The SMILES string of the molecule is CC(C)(C)OC(=O)CCOCCOCCP(Br)(c1ccccc1)(c1ccccc1)c1ccccc1. The summed E-state index contributed by atoms with van der Waals surface area (Å²) in [5.74, 6) is -0.247. The Hall–Kier alpha value is -2.04. The van der Waals surface area contributed by atoms with E-state index in [1.165, 1.54) is 15.9 Å². The molecular formula is C29H36BrO4P. The molecule has 0 amide bonds. The molecule has 6 heteroatoms. The van der Waals surface area contributed by atoms with Crippen LogP contribution in [0, 0.1) is 0 Å². The fraction of sp³-hybridized carbons (Fsp3) is 0.345. The number of carbonyl (C=O) groups excluding carboxylic acids is 1. The van der Waals surface area contributed by atoms with Crippen molar-refractivity contribution in [3.05, 3.63) is 91.0 Å². The average molecular weight is 559 g/mol. The molecule has 0 saturated heterocycles. The van der Waals surface area contributed by atoms with E-state index in [1.54, 1.807) is 0 Å². The van der Waals surface area contributed by atoms with Gasteiger partial charge >= 0.3 is 218 Å². The van der Waals surface area contributed by atoms with Crippen LogP contribution in [0.3, 0.4) is 0 Å². The van der Waals surface area contributed by atoms with Crippen LogP contribution in [0.15, 0.2) is 91.0 Å². The topological polar surface area (TPSA) is 44.8 Å². The van der Waals surface area contributed by atoms with Gasteiger partial charge < -0.3 is 0 Å². The van der Waals surface area contributed by atoms with E-state index in [0.29, 0.717) is 26.4 Å². The number of carbonyl (C=O) groups is 1. The summed E-state index contributed by atoms with van der Waals surface area (Å²) < 4.78 is 17.0. The Morgan fingerprint density at radius 1 is 0.686 bits per heavy atom. The van der Waals surface area contributed by atoms with Gasteiger partial charge in [0.25, 0.3) is 0 Å². The van der Waals surface area contributed by atoms with Gasteiger partial charge in [-0.1, -0.05) is 0 Å². The van der Waals surface area contributed by atoms with Crippen LogP contribution in [0.2, 0.25) is 0 Å². The van der Waals surface area contributed by atoms with Gasteiger partial charge in [0, 0.05) is 0 Å². The van der Waals surface area contributed by atoms with E-state index in [0.717, 1.165) is 6.16 Å². The fourth-order valence-corrected chi connectivity index (χ4v) is 11.2. The van der Waals surface area contributed by atoms with Gasteiger partial charge in [0.2, 0.25) is 0 Å². The number of esters is 1. The predicted molar refractivity (Wildman–Crippen MR) is 151 cm³/mol. The van der Waals surface area contributed by atoms with Crippen molar-refractivity contribution in [1.82, 2.24) is 0 Å². The van der Waals surface area contributed by atoms with Crippen LogP contribution in [-0.2, 0) is 19.0 Å². The van der Waals surface area contributed by atoms with Gasteiger partial charge in [0.1, 0.15) is 0 Å². The number of ether oxygens (including phenoxy) is 3. The molecule has 0 aliphatic rings. The van der Waals surface area contributed by atoms with E-state index in [4.69, 9.17) is 14.2 Å². The first kappa shape index (κ1) is 27.5. The second-order valence-electron chi connectivity index (χ2n) is 9.47. The van der Waals surface area contributed by atoms with Crippen LogP contribution < -0.4 is 15.9 Å². The van der Waals surface area contributed by atoms with Gasteiger partial charge in [-0.25, -0.2) is 0 Å². The van der Waals surface area contributed by atoms with Gasteiger partial charge in [0.05, 0.1) is 0 Å². The van der Waals surface area contributed by atoms with E-state index >= 15 is 0 Å². The van der Waals surface area contributed by atoms with Crippen molar-refractivity contribution in [3.63, 3.8) is 0 Å². The van der Waals surface area contributed by atoms with Crippen molar-refractivity contribution in [2.24, 2.45) is 0 Å². The molecule has 4 nitrogen and oxygen atoms in total. The molecule has 0 atom stereocenters. The van der Waals surface area contributed by atoms with Crippen molar-refractivity contribution < 1.29 is 19.0 Å². The third kappa shape index (κ3) is 7.01. The normalized spacial score (nSPS) is 13.1. The van der Waals surface area contributed by atoms with E-state index in [2.05, 4.69) is 106 Å². The first-order valence-corrected chi connectivity index (χ1v) is 16.4. The van der Waals surface area contributed by atoms with Crippen LogP contribution >= 0.6 is 20.8 Å². The Bertz CT molecular complexity index is 953. The Morgan fingerprint density at radius 2 is 1.09 bits per heavy atom. The van der Waals surface area contributed by atoms with E-state index in [-0.39, 0.29) is 12.4 Å². The van der Waals surface area contributed by atoms with Crippen molar-refractivity contribution in [1.29, 1.82) is 0 Å². The van der Waals surface area contributed by atoms with E-state index in [9.17, 15) is 4.79 Å². The second kappa shape index (κ2) is 12.3. The van der Waals surface area contributed by atoms with Gasteiger partial charge in [-0.3, -0.25) is 0 Å². The van der Waals surface area contributed by atoms with Crippen LogP contribution in [-0.4, -0.2) is 44.2 Å². The number of hydrogen-bond donors (Lipinski definition) is 0. The summed E-state index contributed by atoms with van der Waals surface area (Å²) in [5.41, 5.74) is -0.474. The number of hydrogen-bond acceptors (Lipinski definition) is 4. The molecule has 3 aromatic carbocycles. The zero-order valence-corrected chi connectivity index (χ0v) is 23.3. The summed E-state index contributed by atoms with van der Waals surface area (Å²) in [6.07, 6.45) is 1.05.